The van der Waals surface area contributed by atoms with Crippen LogP contribution in [0.1, 0.15) is 11.1 Å². The van der Waals surface area contributed by atoms with Gasteiger partial charge in [-0.15, -0.1) is 0 Å². The third kappa shape index (κ3) is 5.01. The Labute approximate surface area is 181 Å². The molecule has 0 aliphatic carbocycles. The molecule has 1 aliphatic rings. The van der Waals surface area contributed by atoms with Crippen LogP contribution in [0, 0.1) is 5.82 Å². The van der Waals surface area contributed by atoms with E-state index < -0.39 is 0 Å². The first kappa shape index (κ1) is 20.0. The largest absolute Gasteiger partial charge is 0.508 e. The van der Waals surface area contributed by atoms with Gasteiger partial charge in [0.05, 0.1) is 6.54 Å². The van der Waals surface area contributed by atoms with E-state index in [1.54, 1.807) is 36.4 Å². The Hall–Kier alpha value is -3.26. The molecule has 3 aromatic rings. The van der Waals surface area contributed by atoms with Crippen molar-refractivity contribution >= 4 is 27.6 Å². The van der Waals surface area contributed by atoms with Gasteiger partial charge in [-0.05, 0) is 48.0 Å². The molecule has 3 aromatic carbocycles. The van der Waals surface area contributed by atoms with Gasteiger partial charge in [-0.2, -0.15) is 0 Å². The lowest BCUT2D eigenvalue weighted by Gasteiger charge is -2.14. The van der Waals surface area contributed by atoms with Crippen molar-refractivity contribution in [2.24, 2.45) is 4.99 Å². The fraction of sp³-hybridized carbons (Fsp3) is 0.136. The molecule has 3 N–H and O–H groups in total. The molecule has 30 heavy (non-hydrogen) atoms. The zero-order valence-electron chi connectivity index (χ0n) is 15.9. The van der Waals surface area contributed by atoms with Crippen molar-refractivity contribution in [2.75, 3.05) is 12.1 Å². The summed E-state index contributed by atoms with van der Waals surface area (Å²) in [6, 6.07) is 17.1. The highest BCUT2D eigenvalue weighted by molar-refractivity contribution is 9.10. The lowest BCUT2D eigenvalue weighted by atomic mass is 10.2. The summed E-state index contributed by atoms with van der Waals surface area (Å²) in [4.78, 5) is 4.59. The molecule has 0 amide bonds. The monoisotopic (exact) mass is 471 g/mol. The summed E-state index contributed by atoms with van der Waals surface area (Å²) in [7, 11) is 0. The zero-order valence-corrected chi connectivity index (χ0v) is 17.4. The second-order valence-corrected chi connectivity index (χ2v) is 7.53. The molecule has 8 heteroatoms. The van der Waals surface area contributed by atoms with Crippen molar-refractivity contribution in [3.05, 3.63) is 82.1 Å². The van der Waals surface area contributed by atoms with Crippen LogP contribution in [-0.2, 0) is 13.1 Å². The highest BCUT2D eigenvalue weighted by Gasteiger charge is 2.13. The van der Waals surface area contributed by atoms with Crippen LogP contribution >= 0.6 is 15.9 Å². The molecule has 0 bridgehead atoms. The predicted octanol–water partition coefficient (Wildman–Crippen LogP) is 4.78. The van der Waals surface area contributed by atoms with Gasteiger partial charge in [-0.25, -0.2) is 9.38 Å². The third-order valence-electron chi connectivity index (χ3n) is 4.42. The van der Waals surface area contributed by atoms with Crippen LogP contribution in [0.5, 0.6) is 17.2 Å². The highest BCUT2D eigenvalue weighted by atomic mass is 79.9. The second-order valence-electron chi connectivity index (χ2n) is 6.62. The SMILES string of the molecule is Oc1cccc(NC(=NCc2ccc3c(c2)OCO3)NCc2cc(Br)ccc2F)c1. The summed E-state index contributed by atoms with van der Waals surface area (Å²) < 4.78 is 25.6. The summed E-state index contributed by atoms with van der Waals surface area (Å²) >= 11 is 3.36. The van der Waals surface area contributed by atoms with E-state index in [-0.39, 0.29) is 24.9 Å². The average molecular weight is 472 g/mol. The summed E-state index contributed by atoms with van der Waals surface area (Å²) in [6.45, 7) is 0.814. The molecule has 1 aliphatic heterocycles. The fourth-order valence-electron chi connectivity index (χ4n) is 2.93. The van der Waals surface area contributed by atoms with E-state index in [2.05, 4.69) is 31.6 Å². The van der Waals surface area contributed by atoms with Crippen molar-refractivity contribution < 1.29 is 19.0 Å². The molecule has 1 heterocycles. The maximum atomic E-state index is 14.1. The summed E-state index contributed by atoms with van der Waals surface area (Å²) in [5.74, 6) is 1.67. The van der Waals surface area contributed by atoms with Gasteiger partial charge in [0.25, 0.3) is 0 Å². The van der Waals surface area contributed by atoms with Crippen LogP contribution in [-0.4, -0.2) is 17.9 Å². The first-order valence-corrected chi connectivity index (χ1v) is 10.0. The van der Waals surface area contributed by atoms with Gasteiger partial charge < -0.3 is 25.2 Å². The molecule has 0 aromatic heterocycles. The number of aromatic hydroxyl groups is 1. The fourth-order valence-corrected chi connectivity index (χ4v) is 3.34. The molecule has 0 unspecified atom stereocenters. The number of guanidine groups is 1. The van der Waals surface area contributed by atoms with Gasteiger partial charge in [-0.1, -0.05) is 28.1 Å². The van der Waals surface area contributed by atoms with Crippen LogP contribution in [0.2, 0.25) is 0 Å². The van der Waals surface area contributed by atoms with E-state index in [9.17, 15) is 9.50 Å². The van der Waals surface area contributed by atoms with Gasteiger partial charge in [-0.3, -0.25) is 0 Å². The Morgan fingerprint density at radius 3 is 2.80 bits per heavy atom. The Bertz CT molecular complexity index is 1090. The predicted molar refractivity (Wildman–Crippen MR) is 116 cm³/mol. The van der Waals surface area contributed by atoms with E-state index in [0.717, 1.165) is 10.0 Å². The van der Waals surface area contributed by atoms with Crippen LogP contribution in [0.3, 0.4) is 0 Å². The van der Waals surface area contributed by atoms with Crippen LogP contribution in [0.25, 0.3) is 0 Å². The first-order chi connectivity index (χ1) is 14.6. The van der Waals surface area contributed by atoms with Gasteiger partial charge in [0.15, 0.2) is 17.5 Å². The molecule has 0 spiro atoms. The maximum absolute atomic E-state index is 14.1. The number of benzene rings is 3. The Morgan fingerprint density at radius 2 is 1.93 bits per heavy atom. The quantitative estimate of drug-likeness (QED) is 0.368. The minimum absolute atomic E-state index is 0.133. The molecule has 154 valence electrons. The molecular formula is C22H19BrFN3O3. The highest BCUT2D eigenvalue weighted by Crippen LogP contribution is 2.32. The summed E-state index contributed by atoms with van der Waals surface area (Å²) in [5, 5.41) is 16.0. The molecule has 4 rings (SSSR count). The normalized spacial score (nSPS) is 12.7. The number of rotatable bonds is 5. The Balaban J connectivity index is 1.52. The number of aliphatic imine (C=N–C) groups is 1. The van der Waals surface area contributed by atoms with Gasteiger partial charge >= 0.3 is 0 Å². The maximum Gasteiger partial charge on any atom is 0.231 e. The molecule has 6 nitrogen and oxygen atoms in total. The van der Waals surface area contributed by atoms with Crippen LogP contribution in [0.15, 0.2) is 70.1 Å². The first-order valence-electron chi connectivity index (χ1n) is 9.24. The number of nitrogens with one attached hydrogen (secondary N) is 2. The van der Waals surface area contributed by atoms with E-state index in [4.69, 9.17) is 9.47 Å². The minimum Gasteiger partial charge on any atom is -0.508 e. The van der Waals surface area contributed by atoms with Crippen LogP contribution in [0.4, 0.5) is 10.1 Å². The van der Waals surface area contributed by atoms with Gasteiger partial charge in [0.2, 0.25) is 6.79 Å². The van der Waals surface area contributed by atoms with Gasteiger partial charge in [0.1, 0.15) is 11.6 Å². The molecule has 0 saturated heterocycles. The van der Waals surface area contributed by atoms with E-state index >= 15 is 0 Å². The van der Waals surface area contributed by atoms with Gasteiger partial charge in [0, 0.05) is 28.3 Å². The average Bonchev–Trinajstić information content (AvgIpc) is 3.20. The molecular weight excluding hydrogens is 453 g/mol. The number of halogens is 2. The lowest BCUT2D eigenvalue weighted by Crippen LogP contribution is -2.30. The minimum atomic E-state index is -0.307. The second kappa shape index (κ2) is 9.04. The number of fused-ring (bicyclic) bond motifs is 1. The number of ether oxygens (including phenoxy) is 2. The smallest absolute Gasteiger partial charge is 0.231 e. The Kier molecular flexibility index (Phi) is 6.04. The molecule has 0 fully saturated rings. The lowest BCUT2D eigenvalue weighted by molar-refractivity contribution is 0.174. The van der Waals surface area contributed by atoms with Crippen molar-refractivity contribution in [3.8, 4) is 17.2 Å². The standard InChI is InChI=1S/C22H19BrFN3O3/c23-16-5-6-19(24)15(9-16)12-26-22(27-17-2-1-3-18(28)10-17)25-11-14-4-7-20-21(8-14)30-13-29-20/h1-10,28H,11-13H2,(H2,25,26,27). The molecule has 0 atom stereocenters. The van der Waals surface area contributed by atoms with Crippen molar-refractivity contribution in [1.82, 2.24) is 5.32 Å². The zero-order chi connectivity index (χ0) is 20.9. The van der Waals surface area contributed by atoms with Crippen LogP contribution < -0.4 is 20.1 Å². The van der Waals surface area contributed by atoms with Crippen molar-refractivity contribution in [3.63, 3.8) is 0 Å². The van der Waals surface area contributed by atoms with E-state index in [0.29, 0.717) is 35.3 Å². The number of phenolic OH excluding ortho intramolecular Hbond substituents is 1. The Morgan fingerprint density at radius 1 is 1.07 bits per heavy atom. The number of anilines is 1. The van der Waals surface area contributed by atoms with E-state index in [1.807, 2.05) is 18.2 Å². The molecule has 0 radical (unpaired) electrons. The summed E-state index contributed by atoms with van der Waals surface area (Å²) in [6.07, 6.45) is 0. The number of phenols is 1. The number of hydrogen-bond donors (Lipinski definition) is 3. The third-order valence-corrected chi connectivity index (χ3v) is 4.91. The van der Waals surface area contributed by atoms with Crippen molar-refractivity contribution in [2.45, 2.75) is 13.1 Å². The topological polar surface area (TPSA) is 75.1 Å². The van der Waals surface area contributed by atoms with Crippen molar-refractivity contribution in [1.29, 1.82) is 0 Å². The summed E-state index contributed by atoms with van der Waals surface area (Å²) in [5.41, 5.74) is 2.09. The molecule has 0 saturated carbocycles. The number of hydrogen-bond acceptors (Lipinski definition) is 4. The number of nitrogens with zero attached hydrogens (tertiary/aromatic N) is 1. The van der Waals surface area contributed by atoms with E-state index in [1.165, 1.54) is 6.07 Å².